The van der Waals surface area contributed by atoms with Crippen molar-refractivity contribution in [2.24, 2.45) is 0 Å². The second-order valence-corrected chi connectivity index (χ2v) is 4.98. The number of allylic oxidation sites excluding steroid dienone is 8. The molecule has 0 aromatic rings. The molecule has 0 amide bonds. The molecule has 0 rings (SSSR count). The van der Waals surface area contributed by atoms with Crippen LogP contribution in [0, 0.1) is 12.3 Å². The first-order valence-electron chi connectivity index (χ1n) is 8.02. The number of carboxylic acids is 1. The highest BCUT2D eigenvalue weighted by atomic mass is 16.4. The average Bonchev–Trinajstić information content (AvgIpc) is 2.50. The molecule has 0 fully saturated rings. The van der Waals surface area contributed by atoms with E-state index in [1.165, 1.54) is 0 Å². The fourth-order valence-electron chi connectivity index (χ4n) is 1.74. The van der Waals surface area contributed by atoms with E-state index in [0.717, 1.165) is 44.9 Å². The lowest BCUT2D eigenvalue weighted by Crippen LogP contribution is -1.92. The average molecular weight is 300 g/mol. The third-order valence-electron chi connectivity index (χ3n) is 2.94. The highest BCUT2D eigenvalue weighted by Gasteiger charge is 1.92. The number of carboxylic acid groups (broad SMARTS) is 1. The van der Waals surface area contributed by atoms with E-state index in [9.17, 15) is 4.79 Å². The van der Waals surface area contributed by atoms with Gasteiger partial charge in [-0.15, -0.1) is 12.3 Å². The van der Waals surface area contributed by atoms with Gasteiger partial charge in [-0.25, -0.2) is 0 Å². The molecule has 0 atom stereocenters. The van der Waals surface area contributed by atoms with E-state index in [1.54, 1.807) is 0 Å². The van der Waals surface area contributed by atoms with Gasteiger partial charge in [0.1, 0.15) is 0 Å². The molecule has 0 saturated carbocycles. The maximum Gasteiger partial charge on any atom is 0.303 e. The largest absolute Gasteiger partial charge is 0.481 e. The molecule has 0 aromatic carbocycles. The Bertz CT molecular complexity index is 419. The summed E-state index contributed by atoms with van der Waals surface area (Å²) in [5, 5.41) is 8.49. The summed E-state index contributed by atoms with van der Waals surface area (Å²) < 4.78 is 0. The molecule has 0 aliphatic rings. The molecule has 0 aromatic heterocycles. The second-order valence-electron chi connectivity index (χ2n) is 4.98. The Morgan fingerprint density at radius 2 is 1.27 bits per heavy atom. The molecular weight excluding hydrogens is 272 g/mol. The van der Waals surface area contributed by atoms with Gasteiger partial charge in [0.15, 0.2) is 0 Å². The number of terminal acetylenes is 1. The zero-order valence-electron chi connectivity index (χ0n) is 13.4. The van der Waals surface area contributed by atoms with Crippen LogP contribution in [0.4, 0.5) is 0 Å². The third kappa shape index (κ3) is 18.0. The first-order chi connectivity index (χ1) is 10.8. The Kier molecular flexibility index (Phi) is 15.5. The zero-order chi connectivity index (χ0) is 16.3. The Morgan fingerprint density at radius 3 is 1.73 bits per heavy atom. The van der Waals surface area contributed by atoms with Crippen LogP contribution in [-0.2, 0) is 4.79 Å². The Labute approximate surface area is 135 Å². The van der Waals surface area contributed by atoms with Gasteiger partial charge in [0.2, 0.25) is 0 Å². The predicted molar refractivity (Wildman–Crippen MR) is 94.6 cm³/mol. The van der Waals surface area contributed by atoms with E-state index in [1.807, 2.05) is 6.08 Å². The summed E-state index contributed by atoms with van der Waals surface area (Å²) in [6.07, 6.45) is 30.0. The zero-order valence-corrected chi connectivity index (χ0v) is 13.4. The molecule has 0 heterocycles. The molecular formula is C20H28O2. The molecule has 22 heavy (non-hydrogen) atoms. The van der Waals surface area contributed by atoms with E-state index < -0.39 is 5.97 Å². The Hall–Kier alpha value is -2.01. The van der Waals surface area contributed by atoms with Gasteiger partial charge >= 0.3 is 5.97 Å². The summed E-state index contributed by atoms with van der Waals surface area (Å²) in [5.41, 5.74) is 0. The van der Waals surface area contributed by atoms with Gasteiger partial charge in [-0.1, -0.05) is 48.6 Å². The number of hydrogen-bond donors (Lipinski definition) is 1. The van der Waals surface area contributed by atoms with Crippen molar-refractivity contribution in [1.82, 2.24) is 0 Å². The van der Waals surface area contributed by atoms with Crippen LogP contribution in [-0.4, -0.2) is 11.1 Å². The van der Waals surface area contributed by atoms with Gasteiger partial charge < -0.3 is 5.11 Å². The summed E-state index contributed by atoms with van der Waals surface area (Å²) >= 11 is 0. The maximum atomic E-state index is 10.3. The summed E-state index contributed by atoms with van der Waals surface area (Å²) in [6.45, 7) is 0. The van der Waals surface area contributed by atoms with Gasteiger partial charge in [-0.3, -0.25) is 4.79 Å². The molecule has 0 aliphatic heterocycles. The Morgan fingerprint density at radius 1 is 0.818 bits per heavy atom. The highest BCUT2D eigenvalue weighted by Crippen LogP contribution is 1.99. The van der Waals surface area contributed by atoms with Gasteiger partial charge in [0, 0.05) is 12.8 Å². The minimum Gasteiger partial charge on any atom is -0.481 e. The lowest BCUT2D eigenvalue weighted by Gasteiger charge is -1.90. The standard InChI is InChI=1S/C20H28O2/c1-2-3-4-5-6-7-8-9-10-11-12-13-14-15-16-17-18-19-20(21)22/h1,6-7,9-10,12-13,15-16H,3-5,8,11,14,17-19H2,(H,21,22). The number of hydrogen-bond acceptors (Lipinski definition) is 1. The van der Waals surface area contributed by atoms with Crippen molar-refractivity contribution >= 4 is 5.97 Å². The van der Waals surface area contributed by atoms with Crippen molar-refractivity contribution in [2.45, 2.75) is 57.8 Å². The second kappa shape index (κ2) is 17.0. The quantitative estimate of drug-likeness (QED) is 0.279. The van der Waals surface area contributed by atoms with Crippen LogP contribution < -0.4 is 0 Å². The van der Waals surface area contributed by atoms with Crippen molar-refractivity contribution in [3.63, 3.8) is 0 Å². The molecule has 120 valence electrons. The van der Waals surface area contributed by atoms with E-state index in [-0.39, 0.29) is 6.42 Å². The van der Waals surface area contributed by atoms with E-state index in [2.05, 4.69) is 48.5 Å². The molecule has 0 bridgehead atoms. The van der Waals surface area contributed by atoms with Gasteiger partial charge in [-0.2, -0.15) is 0 Å². The number of rotatable bonds is 13. The third-order valence-corrected chi connectivity index (χ3v) is 2.94. The lowest BCUT2D eigenvalue weighted by molar-refractivity contribution is -0.137. The molecule has 0 aliphatic carbocycles. The van der Waals surface area contributed by atoms with Crippen LogP contribution in [0.1, 0.15) is 57.8 Å². The van der Waals surface area contributed by atoms with E-state index in [0.29, 0.717) is 6.42 Å². The highest BCUT2D eigenvalue weighted by molar-refractivity contribution is 5.66. The van der Waals surface area contributed by atoms with Crippen LogP contribution in [0.2, 0.25) is 0 Å². The van der Waals surface area contributed by atoms with Crippen LogP contribution in [0.25, 0.3) is 0 Å². The number of aliphatic carboxylic acids is 1. The lowest BCUT2D eigenvalue weighted by atomic mass is 10.2. The maximum absolute atomic E-state index is 10.3. The summed E-state index contributed by atoms with van der Waals surface area (Å²) in [4.78, 5) is 10.3. The van der Waals surface area contributed by atoms with Crippen molar-refractivity contribution in [2.75, 3.05) is 0 Å². The van der Waals surface area contributed by atoms with Crippen LogP contribution in [0.5, 0.6) is 0 Å². The van der Waals surface area contributed by atoms with Gasteiger partial charge in [0.25, 0.3) is 0 Å². The van der Waals surface area contributed by atoms with Crippen molar-refractivity contribution in [3.8, 4) is 12.3 Å². The molecule has 0 spiro atoms. The fourth-order valence-corrected chi connectivity index (χ4v) is 1.74. The molecule has 2 heteroatoms. The Balaban J connectivity index is 3.42. The molecule has 0 unspecified atom stereocenters. The van der Waals surface area contributed by atoms with E-state index in [4.69, 9.17) is 11.5 Å². The summed E-state index contributed by atoms with van der Waals surface area (Å²) in [7, 11) is 0. The van der Waals surface area contributed by atoms with Gasteiger partial charge in [-0.05, 0) is 44.9 Å². The minimum atomic E-state index is -0.720. The smallest absolute Gasteiger partial charge is 0.303 e. The number of unbranched alkanes of at least 4 members (excludes halogenated alkanes) is 3. The van der Waals surface area contributed by atoms with Crippen LogP contribution in [0.15, 0.2) is 48.6 Å². The predicted octanol–water partition coefficient (Wildman–Crippen LogP) is 5.44. The molecule has 1 N–H and O–H groups in total. The van der Waals surface area contributed by atoms with Crippen molar-refractivity contribution in [1.29, 1.82) is 0 Å². The van der Waals surface area contributed by atoms with Crippen molar-refractivity contribution < 1.29 is 9.90 Å². The number of carbonyl (C=O) groups is 1. The topological polar surface area (TPSA) is 37.3 Å². The monoisotopic (exact) mass is 300 g/mol. The first-order valence-corrected chi connectivity index (χ1v) is 8.02. The first kappa shape index (κ1) is 20.0. The van der Waals surface area contributed by atoms with Crippen molar-refractivity contribution in [3.05, 3.63) is 48.6 Å². The normalized spacial score (nSPS) is 12.0. The fraction of sp³-hybridized carbons (Fsp3) is 0.450. The van der Waals surface area contributed by atoms with E-state index >= 15 is 0 Å². The minimum absolute atomic E-state index is 0.253. The van der Waals surface area contributed by atoms with Crippen LogP contribution >= 0.6 is 0 Å². The molecule has 0 radical (unpaired) electrons. The summed E-state index contributed by atoms with van der Waals surface area (Å²) in [6, 6.07) is 0. The summed E-state index contributed by atoms with van der Waals surface area (Å²) in [5.74, 6) is 1.92. The SMILES string of the molecule is C#CCCCC=CCC=CCC=CCC=CCCCC(=O)O. The van der Waals surface area contributed by atoms with Crippen LogP contribution in [0.3, 0.4) is 0 Å². The molecule has 2 nitrogen and oxygen atoms in total. The molecule has 0 saturated heterocycles. The van der Waals surface area contributed by atoms with Gasteiger partial charge in [0.05, 0.1) is 0 Å².